The van der Waals surface area contributed by atoms with Crippen LogP contribution in [-0.4, -0.2) is 41.9 Å². The van der Waals surface area contributed by atoms with E-state index in [4.69, 9.17) is 4.52 Å². The molecule has 1 fully saturated rings. The summed E-state index contributed by atoms with van der Waals surface area (Å²) < 4.78 is 32.0. The van der Waals surface area contributed by atoms with E-state index in [1.165, 1.54) is 4.31 Å². The van der Waals surface area contributed by atoms with Crippen LogP contribution in [0.2, 0.25) is 0 Å². The van der Waals surface area contributed by atoms with Crippen LogP contribution < -0.4 is 5.32 Å². The molecule has 1 aliphatic rings. The normalized spacial score (nSPS) is 15.6. The Balaban J connectivity index is 1.26. The topological polar surface area (TPSA) is 105 Å². The second-order valence-corrected chi connectivity index (χ2v) is 9.48. The van der Waals surface area contributed by atoms with Gasteiger partial charge in [-0.05, 0) is 18.4 Å². The standard InChI is InChI=1S/C22H24N4O4S/c27-22(23-15-20-24-21(25-30-20)18-9-5-2-6-10-18)19-11-13-26(14-12-19)31(28,29)16-17-7-3-1-4-8-17/h1-10,19H,11-16H2,(H,23,27). The van der Waals surface area contributed by atoms with Gasteiger partial charge in [0, 0.05) is 24.6 Å². The molecule has 8 nitrogen and oxygen atoms in total. The fourth-order valence-electron chi connectivity index (χ4n) is 3.61. The van der Waals surface area contributed by atoms with Crippen molar-refractivity contribution in [2.75, 3.05) is 13.1 Å². The Morgan fingerprint density at radius 2 is 1.68 bits per heavy atom. The summed E-state index contributed by atoms with van der Waals surface area (Å²) in [6.07, 6.45) is 0.970. The van der Waals surface area contributed by atoms with E-state index in [0.29, 0.717) is 37.6 Å². The lowest BCUT2D eigenvalue weighted by Crippen LogP contribution is -2.43. The van der Waals surface area contributed by atoms with E-state index in [1.807, 2.05) is 48.5 Å². The van der Waals surface area contributed by atoms with E-state index in [-0.39, 0.29) is 24.1 Å². The Bertz CT molecular complexity index is 1110. The summed E-state index contributed by atoms with van der Waals surface area (Å²) in [5.74, 6) is 0.419. The molecule has 1 aromatic heterocycles. The SMILES string of the molecule is O=C(NCc1nc(-c2ccccc2)no1)C1CCN(S(=O)(=O)Cc2ccccc2)CC1. The highest BCUT2D eigenvalue weighted by molar-refractivity contribution is 7.88. The quantitative estimate of drug-likeness (QED) is 0.605. The lowest BCUT2D eigenvalue weighted by atomic mass is 9.97. The molecule has 0 radical (unpaired) electrons. The van der Waals surface area contributed by atoms with Crippen molar-refractivity contribution in [3.63, 3.8) is 0 Å². The molecule has 0 spiro atoms. The Labute approximate surface area is 181 Å². The van der Waals surface area contributed by atoms with Gasteiger partial charge in [0.15, 0.2) is 0 Å². The van der Waals surface area contributed by atoms with Gasteiger partial charge in [0.1, 0.15) is 0 Å². The molecule has 0 unspecified atom stereocenters. The van der Waals surface area contributed by atoms with Crippen LogP contribution in [0.5, 0.6) is 0 Å². The Morgan fingerprint density at radius 3 is 2.35 bits per heavy atom. The van der Waals surface area contributed by atoms with Gasteiger partial charge in [0.25, 0.3) is 0 Å². The highest BCUT2D eigenvalue weighted by Gasteiger charge is 2.31. The van der Waals surface area contributed by atoms with E-state index in [9.17, 15) is 13.2 Å². The molecule has 3 aromatic rings. The van der Waals surface area contributed by atoms with Crippen molar-refractivity contribution >= 4 is 15.9 Å². The zero-order valence-corrected chi connectivity index (χ0v) is 17.8. The minimum absolute atomic E-state index is 0.0222. The van der Waals surface area contributed by atoms with Gasteiger partial charge >= 0.3 is 0 Å². The number of hydrogen-bond donors (Lipinski definition) is 1. The Hall–Kier alpha value is -3.04. The number of carbonyl (C=O) groups is 1. The van der Waals surface area contributed by atoms with Gasteiger partial charge in [-0.1, -0.05) is 65.8 Å². The van der Waals surface area contributed by atoms with Gasteiger partial charge in [0.2, 0.25) is 27.6 Å². The number of rotatable bonds is 7. The second kappa shape index (κ2) is 9.40. The lowest BCUT2D eigenvalue weighted by molar-refractivity contribution is -0.126. The number of nitrogens with zero attached hydrogens (tertiary/aromatic N) is 3. The van der Waals surface area contributed by atoms with Crippen molar-refractivity contribution in [1.29, 1.82) is 0 Å². The van der Waals surface area contributed by atoms with Gasteiger partial charge < -0.3 is 9.84 Å². The summed E-state index contributed by atoms with van der Waals surface area (Å²) in [6.45, 7) is 0.823. The molecule has 0 aliphatic carbocycles. The molecule has 1 aliphatic heterocycles. The van der Waals surface area contributed by atoms with Gasteiger partial charge in [0.05, 0.1) is 12.3 Å². The van der Waals surface area contributed by atoms with Crippen LogP contribution in [-0.2, 0) is 27.1 Å². The average molecular weight is 441 g/mol. The molecule has 31 heavy (non-hydrogen) atoms. The van der Waals surface area contributed by atoms with Gasteiger partial charge in [-0.25, -0.2) is 12.7 Å². The molecule has 4 rings (SSSR count). The highest BCUT2D eigenvalue weighted by atomic mass is 32.2. The minimum atomic E-state index is -3.40. The zero-order valence-electron chi connectivity index (χ0n) is 17.0. The first-order valence-electron chi connectivity index (χ1n) is 10.2. The number of piperidine rings is 1. The molecule has 1 N–H and O–H groups in total. The second-order valence-electron chi connectivity index (χ2n) is 7.51. The highest BCUT2D eigenvalue weighted by Crippen LogP contribution is 2.22. The van der Waals surface area contributed by atoms with Crippen molar-refractivity contribution in [2.45, 2.75) is 25.1 Å². The van der Waals surface area contributed by atoms with Crippen molar-refractivity contribution in [1.82, 2.24) is 19.8 Å². The van der Waals surface area contributed by atoms with Crippen LogP contribution in [0.1, 0.15) is 24.3 Å². The molecule has 0 saturated carbocycles. The van der Waals surface area contributed by atoms with Crippen molar-refractivity contribution < 1.29 is 17.7 Å². The first kappa shape index (κ1) is 21.2. The Morgan fingerprint density at radius 1 is 1.03 bits per heavy atom. The molecule has 0 atom stereocenters. The number of nitrogens with one attached hydrogen (secondary N) is 1. The van der Waals surface area contributed by atoms with E-state index >= 15 is 0 Å². The maximum atomic E-state index is 12.7. The predicted octanol–water partition coefficient (Wildman–Crippen LogP) is 2.59. The molecular weight excluding hydrogens is 416 g/mol. The molecule has 2 aromatic carbocycles. The number of benzene rings is 2. The molecule has 162 valence electrons. The molecule has 1 saturated heterocycles. The summed E-state index contributed by atoms with van der Waals surface area (Å²) in [7, 11) is -3.40. The van der Waals surface area contributed by atoms with Crippen LogP contribution in [0.3, 0.4) is 0 Å². The van der Waals surface area contributed by atoms with E-state index in [1.54, 1.807) is 12.1 Å². The summed E-state index contributed by atoms with van der Waals surface area (Å²) in [4.78, 5) is 16.8. The number of hydrogen-bond acceptors (Lipinski definition) is 6. The maximum absolute atomic E-state index is 12.7. The van der Waals surface area contributed by atoms with Crippen LogP contribution >= 0.6 is 0 Å². The summed E-state index contributed by atoms with van der Waals surface area (Å²) in [5, 5.41) is 6.76. The maximum Gasteiger partial charge on any atom is 0.246 e. The third kappa shape index (κ3) is 5.36. The van der Waals surface area contributed by atoms with Crippen LogP contribution in [0, 0.1) is 5.92 Å². The molecule has 9 heteroatoms. The van der Waals surface area contributed by atoms with Gasteiger partial charge in [-0.2, -0.15) is 4.98 Å². The number of carbonyl (C=O) groups excluding carboxylic acids is 1. The molecule has 1 amide bonds. The van der Waals surface area contributed by atoms with Gasteiger partial charge in [-0.3, -0.25) is 4.79 Å². The van der Waals surface area contributed by atoms with Gasteiger partial charge in [-0.15, -0.1) is 0 Å². The van der Waals surface area contributed by atoms with E-state index in [0.717, 1.165) is 11.1 Å². The first-order chi connectivity index (χ1) is 15.0. The van der Waals surface area contributed by atoms with E-state index in [2.05, 4.69) is 15.5 Å². The fourth-order valence-corrected chi connectivity index (χ4v) is 5.17. The lowest BCUT2D eigenvalue weighted by Gasteiger charge is -2.30. The molecule has 2 heterocycles. The first-order valence-corrected chi connectivity index (χ1v) is 11.8. The third-order valence-corrected chi connectivity index (χ3v) is 7.17. The fraction of sp³-hybridized carbons (Fsp3) is 0.318. The van der Waals surface area contributed by atoms with Crippen molar-refractivity contribution in [2.24, 2.45) is 5.92 Å². The van der Waals surface area contributed by atoms with Crippen molar-refractivity contribution in [3.05, 3.63) is 72.1 Å². The van der Waals surface area contributed by atoms with Crippen LogP contribution in [0.15, 0.2) is 65.2 Å². The van der Waals surface area contributed by atoms with E-state index < -0.39 is 10.0 Å². The summed E-state index contributed by atoms with van der Waals surface area (Å²) in [6, 6.07) is 18.6. The monoisotopic (exact) mass is 440 g/mol. The minimum Gasteiger partial charge on any atom is -0.347 e. The smallest absolute Gasteiger partial charge is 0.246 e. The van der Waals surface area contributed by atoms with Crippen molar-refractivity contribution in [3.8, 4) is 11.4 Å². The summed E-state index contributed by atoms with van der Waals surface area (Å²) >= 11 is 0. The Kier molecular flexibility index (Phi) is 6.43. The average Bonchev–Trinajstić information content (AvgIpc) is 3.28. The zero-order chi connectivity index (χ0) is 21.7. The molecule has 0 bridgehead atoms. The number of amides is 1. The third-order valence-electron chi connectivity index (χ3n) is 5.32. The van der Waals surface area contributed by atoms with Crippen LogP contribution in [0.4, 0.5) is 0 Å². The summed E-state index contributed by atoms with van der Waals surface area (Å²) in [5.41, 5.74) is 1.60. The predicted molar refractivity (Wildman–Crippen MR) is 115 cm³/mol. The largest absolute Gasteiger partial charge is 0.347 e. The molecular formula is C22H24N4O4S. The number of sulfonamides is 1. The van der Waals surface area contributed by atoms with Crippen LogP contribution in [0.25, 0.3) is 11.4 Å². The number of aromatic nitrogens is 2.